The van der Waals surface area contributed by atoms with Crippen LogP contribution in [0.1, 0.15) is 25.7 Å². The van der Waals surface area contributed by atoms with E-state index in [9.17, 15) is 0 Å². The molecular weight excluding hydrogens is 124 g/mol. The van der Waals surface area contributed by atoms with E-state index in [0.717, 1.165) is 25.7 Å². The molecule has 0 aromatic heterocycles. The van der Waals surface area contributed by atoms with Crippen LogP contribution in [-0.4, -0.2) is 13.2 Å². The van der Waals surface area contributed by atoms with Gasteiger partial charge in [0, 0.05) is 7.11 Å². The van der Waals surface area contributed by atoms with Gasteiger partial charge in [-0.2, -0.15) is 0 Å². The van der Waals surface area contributed by atoms with Gasteiger partial charge < -0.3 is 4.74 Å². The fourth-order valence-electron chi connectivity index (χ4n) is 0.890. The quantitative estimate of drug-likeness (QED) is 0.516. The number of hydrogen-bond acceptors (Lipinski definition) is 1. The van der Waals surface area contributed by atoms with Crippen molar-refractivity contribution >= 4 is 0 Å². The van der Waals surface area contributed by atoms with E-state index < -0.39 is 0 Å². The zero-order chi connectivity index (χ0) is 7.82. The first-order chi connectivity index (χ1) is 4.85. The Morgan fingerprint density at radius 3 is 2.70 bits per heavy atom. The lowest BCUT2D eigenvalue weighted by atomic mass is 10.1. The number of unbranched alkanes of at least 4 members (excludes halogenated alkanes) is 1. The van der Waals surface area contributed by atoms with Gasteiger partial charge in [-0.05, 0) is 12.8 Å². The zero-order valence-corrected chi connectivity index (χ0v) is 6.81. The molecule has 0 amide bonds. The van der Waals surface area contributed by atoms with E-state index in [4.69, 9.17) is 4.74 Å². The molecule has 0 aliphatic heterocycles. The van der Waals surface area contributed by atoms with Crippen molar-refractivity contribution in [1.82, 2.24) is 0 Å². The molecule has 0 saturated heterocycles. The fraction of sp³-hybridized carbons (Fsp3) is 0.667. The molecule has 1 radical (unpaired) electrons. The first kappa shape index (κ1) is 9.70. The van der Waals surface area contributed by atoms with Crippen LogP contribution in [0, 0.1) is 6.92 Å². The van der Waals surface area contributed by atoms with Gasteiger partial charge in [-0.25, -0.2) is 0 Å². The van der Waals surface area contributed by atoms with Crippen molar-refractivity contribution in [2.75, 3.05) is 7.11 Å². The number of methoxy groups -OCH3 is 1. The third kappa shape index (κ3) is 4.57. The van der Waals surface area contributed by atoms with Crippen molar-refractivity contribution in [3.8, 4) is 0 Å². The standard InChI is InChI=1S/C9H17O/c1-4-6-8-9(10-3)7-5-2/h5,9H,1-2,4,6-8H2,3H3. The molecule has 1 nitrogen and oxygen atoms in total. The van der Waals surface area contributed by atoms with E-state index in [1.807, 2.05) is 6.08 Å². The summed E-state index contributed by atoms with van der Waals surface area (Å²) in [6, 6.07) is 0. The fourth-order valence-corrected chi connectivity index (χ4v) is 0.890. The summed E-state index contributed by atoms with van der Waals surface area (Å²) >= 11 is 0. The SMILES string of the molecule is [CH2]CCCC(CC=C)OC. The third-order valence-electron chi connectivity index (χ3n) is 1.54. The maximum absolute atomic E-state index is 5.19. The van der Waals surface area contributed by atoms with Crippen LogP contribution in [0.15, 0.2) is 12.7 Å². The number of hydrogen-bond donors (Lipinski definition) is 0. The van der Waals surface area contributed by atoms with Crippen LogP contribution in [-0.2, 0) is 4.74 Å². The molecule has 0 spiro atoms. The molecule has 0 aromatic carbocycles. The minimum absolute atomic E-state index is 0.360. The lowest BCUT2D eigenvalue weighted by Gasteiger charge is -2.11. The number of rotatable bonds is 6. The van der Waals surface area contributed by atoms with Gasteiger partial charge in [0.15, 0.2) is 0 Å². The molecule has 0 rings (SSSR count). The summed E-state index contributed by atoms with van der Waals surface area (Å²) in [7, 11) is 1.75. The van der Waals surface area contributed by atoms with Gasteiger partial charge in [-0.3, -0.25) is 0 Å². The van der Waals surface area contributed by atoms with E-state index in [0.29, 0.717) is 6.10 Å². The Hall–Kier alpha value is -0.300. The minimum atomic E-state index is 0.360. The Kier molecular flexibility index (Phi) is 6.61. The second-order valence-corrected chi connectivity index (χ2v) is 2.38. The highest BCUT2D eigenvalue weighted by Gasteiger charge is 2.02. The topological polar surface area (TPSA) is 9.23 Å². The average molecular weight is 141 g/mol. The first-order valence-corrected chi connectivity index (χ1v) is 3.78. The Bertz CT molecular complexity index is 78.8. The van der Waals surface area contributed by atoms with Crippen LogP contribution < -0.4 is 0 Å². The van der Waals surface area contributed by atoms with Gasteiger partial charge in [0.1, 0.15) is 0 Å². The minimum Gasteiger partial charge on any atom is -0.381 e. The molecule has 0 saturated carbocycles. The van der Waals surface area contributed by atoms with Gasteiger partial charge >= 0.3 is 0 Å². The predicted octanol–water partition coefficient (Wildman–Crippen LogP) is 2.58. The molecule has 0 heterocycles. The number of ether oxygens (including phenoxy) is 1. The molecule has 1 unspecified atom stereocenters. The maximum Gasteiger partial charge on any atom is 0.0605 e. The molecular formula is C9H17O. The molecule has 1 heteroatoms. The van der Waals surface area contributed by atoms with E-state index >= 15 is 0 Å². The summed E-state index contributed by atoms with van der Waals surface area (Å²) in [4.78, 5) is 0. The molecule has 0 fully saturated rings. The zero-order valence-electron chi connectivity index (χ0n) is 6.81. The van der Waals surface area contributed by atoms with Crippen LogP contribution in [0.4, 0.5) is 0 Å². The van der Waals surface area contributed by atoms with Crippen molar-refractivity contribution in [2.24, 2.45) is 0 Å². The third-order valence-corrected chi connectivity index (χ3v) is 1.54. The largest absolute Gasteiger partial charge is 0.381 e. The Labute approximate surface area is 64.1 Å². The van der Waals surface area contributed by atoms with Crippen LogP contribution in [0.3, 0.4) is 0 Å². The van der Waals surface area contributed by atoms with Crippen molar-refractivity contribution < 1.29 is 4.74 Å². The lowest BCUT2D eigenvalue weighted by Crippen LogP contribution is -2.08. The highest BCUT2D eigenvalue weighted by atomic mass is 16.5. The van der Waals surface area contributed by atoms with Gasteiger partial charge in [0.2, 0.25) is 0 Å². The smallest absolute Gasteiger partial charge is 0.0605 e. The second kappa shape index (κ2) is 6.81. The molecule has 0 N–H and O–H groups in total. The molecule has 0 aliphatic carbocycles. The van der Waals surface area contributed by atoms with Gasteiger partial charge in [0.25, 0.3) is 0 Å². The van der Waals surface area contributed by atoms with Crippen molar-refractivity contribution in [2.45, 2.75) is 31.8 Å². The van der Waals surface area contributed by atoms with Crippen LogP contribution in [0.2, 0.25) is 0 Å². The van der Waals surface area contributed by atoms with Gasteiger partial charge in [0.05, 0.1) is 6.10 Å². The van der Waals surface area contributed by atoms with Crippen molar-refractivity contribution in [3.05, 3.63) is 19.6 Å². The summed E-state index contributed by atoms with van der Waals surface area (Å²) in [6.07, 6.45) is 6.46. The molecule has 10 heavy (non-hydrogen) atoms. The highest BCUT2D eigenvalue weighted by Crippen LogP contribution is 2.07. The molecule has 59 valence electrons. The van der Waals surface area contributed by atoms with E-state index in [2.05, 4.69) is 13.5 Å². The summed E-state index contributed by atoms with van der Waals surface area (Å²) in [5.41, 5.74) is 0. The van der Waals surface area contributed by atoms with E-state index in [1.54, 1.807) is 7.11 Å². The molecule has 0 aromatic rings. The Morgan fingerprint density at radius 2 is 2.30 bits per heavy atom. The lowest BCUT2D eigenvalue weighted by molar-refractivity contribution is 0.0962. The normalized spacial score (nSPS) is 13.0. The van der Waals surface area contributed by atoms with E-state index in [-0.39, 0.29) is 0 Å². The molecule has 0 bridgehead atoms. The Balaban J connectivity index is 3.29. The summed E-state index contributed by atoms with van der Waals surface area (Å²) in [6.45, 7) is 7.43. The summed E-state index contributed by atoms with van der Waals surface area (Å²) < 4.78 is 5.19. The summed E-state index contributed by atoms with van der Waals surface area (Å²) in [5.74, 6) is 0. The Morgan fingerprint density at radius 1 is 1.60 bits per heavy atom. The molecule has 1 atom stereocenters. The van der Waals surface area contributed by atoms with Crippen LogP contribution in [0.25, 0.3) is 0 Å². The molecule has 0 aliphatic rings. The monoisotopic (exact) mass is 141 g/mol. The maximum atomic E-state index is 5.19. The van der Waals surface area contributed by atoms with Gasteiger partial charge in [-0.15, -0.1) is 6.58 Å². The highest BCUT2D eigenvalue weighted by molar-refractivity contribution is 4.73. The average Bonchev–Trinajstić information content (AvgIpc) is 1.98. The van der Waals surface area contributed by atoms with Crippen LogP contribution in [0.5, 0.6) is 0 Å². The summed E-state index contributed by atoms with van der Waals surface area (Å²) in [5, 5.41) is 0. The van der Waals surface area contributed by atoms with Crippen molar-refractivity contribution in [1.29, 1.82) is 0 Å². The first-order valence-electron chi connectivity index (χ1n) is 3.78. The van der Waals surface area contributed by atoms with Crippen molar-refractivity contribution in [3.63, 3.8) is 0 Å². The van der Waals surface area contributed by atoms with Gasteiger partial charge in [-0.1, -0.05) is 25.8 Å². The second-order valence-electron chi connectivity index (χ2n) is 2.38. The predicted molar refractivity (Wildman–Crippen MR) is 44.8 cm³/mol. The van der Waals surface area contributed by atoms with E-state index in [1.165, 1.54) is 0 Å². The van der Waals surface area contributed by atoms with Crippen LogP contribution >= 0.6 is 0 Å².